The Labute approximate surface area is 141 Å². The highest BCUT2D eigenvalue weighted by Gasteiger charge is 2.35. The number of hydrogen-bond acceptors (Lipinski definition) is 3. The standard InChI is InChI=1S/C20H21FN2O/c1-14-7-8-19(21)20(22-14)16-9-17-12-24-13-18(10-16)23(17)11-15-5-3-2-4-6-15/h2-9,17-18H,10-13H2,1H3. The van der Waals surface area contributed by atoms with Crippen LogP contribution in [0.25, 0.3) is 5.57 Å². The summed E-state index contributed by atoms with van der Waals surface area (Å²) in [5, 5.41) is 0. The van der Waals surface area contributed by atoms with Crippen molar-refractivity contribution in [3.05, 3.63) is 71.3 Å². The zero-order chi connectivity index (χ0) is 16.5. The molecule has 124 valence electrons. The number of rotatable bonds is 3. The van der Waals surface area contributed by atoms with Gasteiger partial charge in [-0.3, -0.25) is 9.88 Å². The first kappa shape index (κ1) is 15.5. The summed E-state index contributed by atoms with van der Waals surface area (Å²) in [4.78, 5) is 6.90. The van der Waals surface area contributed by atoms with Crippen molar-refractivity contribution in [3.63, 3.8) is 0 Å². The highest BCUT2D eigenvalue weighted by atomic mass is 19.1. The van der Waals surface area contributed by atoms with E-state index in [0.29, 0.717) is 18.9 Å². The maximum Gasteiger partial charge on any atom is 0.149 e. The average molecular weight is 324 g/mol. The lowest BCUT2D eigenvalue weighted by Crippen LogP contribution is -2.53. The van der Waals surface area contributed by atoms with Crippen LogP contribution in [0.4, 0.5) is 4.39 Å². The number of fused-ring (bicyclic) bond motifs is 2. The van der Waals surface area contributed by atoms with Gasteiger partial charge in [-0.05, 0) is 36.6 Å². The summed E-state index contributed by atoms with van der Waals surface area (Å²) in [6, 6.07) is 14.1. The van der Waals surface area contributed by atoms with Crippen molar-refractivity contribution in [3.8, 4) is 0 Å². The van der Waals surface area contributed by atoms with Gasteiger partial charge >= 0.3 is 0 Å². The molecule has 4 heteroatoms. The molecule has 24 heavy (non-hydrogen) atoms. The molecule has 4 rings (SSSR count). The number of halogens is 1. The Kier molecular flexibility index (Phi) is 4.17. The summed E-state index contributed by atoms with van der Waals surface area (Å²) in [6.45, 7) is 4.14. The van der Waals surface area contributed by atoms with E-state index in [1.807, 2.05) is 13.0 Å². The van der Waals surface area contributed by atoms with E-state index in [1.165, 1.54) is 11.6 Å². The Morgan fingerprint density at radius 1 is 1.17 bits per heavy atom. The minimum absolute atomic E-state index is 0.175. The van der Waals surface area contributed by atoms with Crippen LogP contribution in [0.15, 0.2) is 48.5 Å². The predicted octanol–water partition coefficient (Wildman–Crippen LogP) is 3.59. The number of morpholine rings is 1. The molecule has 1 saturated heterocycles. The molecule has 0 N–H and O–H groups in total. The van der Waals surface area contributed by atoms with E-state index < -0.39 is 0 Å². The van der Waals surface area contributed by atoms with E-state index in [4.69, 9.17) is 4.74 Å². The van der Waals surface area contributed by atoms with Crippen LogP contribution in [0.3, 0.4) is 0 Å². The van der Waals surface area contributed by atoms with E-state index in [0.717, 1.165) is 24.2 Å². The largest absolute Gasteiger partial charge is 0.378 e. The van der Waals surface area contributed by atoms with Gasteiger partial charge in [0.2, 0.25) is 0 Å². The molecule has 2 bridgehead atoms. The number of ether oxygens (including phenoxy) is 1. The van der Waals surface area contributed by atoms with Gasteiger partial charge in [0.1, 0.15) is 11.5 Å². The van der Waals surface area contributed by atoms with Crippen molar-refractivity contribution in [2.45, 2.75) is 32.0 Å². The maximum atomic E-state index is 14.2. The highest BCUT2D eigenvalue weighted by molar-refractivity contribution is 5.65. The molecule has 2 atom stereocenters. The summed E-state index contributed by atoms with van der Waals surface area (Å²) in [7, 11) is 0. The third-order valence-electron chi connectivity index (χ3n) is 4.84. The van der Waals surface area contributed by atoms with Gasteiger partial charge in [-0.15, -0.1) is 0 Å². The first-order chi connectivity index (χ1) is 11.7. The fourth-order valence-corrected chi connectivity index (χ4v) is 3.64. The van der Waals surface area contributed by atoms with Crippen LogP contribution >= 0.6 is 0 Å². The number of benzene rings is 1. The molecule has 3 heterocycles. The summed E-state index contributed by atoms with van der Waals surface area (Å²) in [5.41, 5.74) is 3.66. The highest BCUT2D eigenvalue weighted by Crippen LogP contribution is 2.33. The third kappa shape index (κ3) is 2.99. The van der Waals surface area contributed by atoms with Crippen LogP contribution in [0, 0.1) is 12.7 Å². The minimum atomic E-state index is -0.234. The normalized spacial score (nSPS) is 23.8. The van der Waals surface area contributed by atoms with Gasteiger partial charge < -0.3 is 4.74 Å². The fourth-order valence-electron chi connectivity index (χ4n) is 3.64. The SMILES string of the molecule is Cc1ccc(F)c(C2=CC3COCC(C2)N3Cc2ccccc2)n1. The van der Waals surface area contributed by atoms with Crippen LogP contribution < -0.4 is 0 Å². The van der Waals surface area contributed by atoms with Gasteiger partial charge in [0.05, 0.1) is 19.3 Å². The van der Waals surface area contributed by atoms with Gasteiger partial charge in [0.25, 0.3) is 0 Å². The molecule has 2 unspecified atom stereocenters. The number of pyridine rings is 1. The molecule has 1 aromatic heterocycles. The minimum Gasteiger partial charge on any atom is -0.378 e. The second-order valence-electron chi connectivity index (χ2n) is 6.60. The molecule has 2 aliphatic rings. The molecule has 3 nitrogen and oxygen atoms in total. The van der Waals surface area contributed by atoms with E-state index in [9.17, 15) is 4.39 Å². The molecular weight excluding hydrogens is 303 g/mol. The van der Waals surface area contributed by atoms with Crippen LogP contribution in [0.2, 0.25) is 0 Å². The summed E-state index contributed by atoms with van der Waals surface area (Å²) in [5.74, 6) is -0.234. The monoisotopic (exact) mass is 324 g/mol. The van der Waals surface area contributed by atoms with Crippen LogP contribution in [0.1, 0.15) is 23.4 Å². The number of aryl methyl sites for hydroxylation is 1. The molecular formula is C20H21FN2O. The summed E-state index contributed by atoms with van der Waals surface area (Å²) >= 11 is 0. The summed E-state index contributed by atoms with van der Waals surface area (Å²) in [6.07, 6.45) is 2.92. The van der Waals surface area contributed by atoms with Gasteiger partial charge in [-0.1, -0.05) is 36.4 Å². The molecule has 0 saturated carbocycles. The van der Waals surface area contributed by atoms with E-state index in [1.54, 1.807) is 6.07 Å². The average Bonchev–Trinajstić information content (AvgIpc) is 2.58. The molecule has 1 fully saturated rings. The predicted molar refractivity (Wildman–Crippen MR) is 91.9 cm³/mol. The van der Waals surface area contributed by atoms with Crippen LogP contribution in [-0.4, -0.2) is 35.2 Å². The molecule has 1 aromatic carbocycles. The fraction of sp³-hybridized carbons (Fsp3) is 0.350. The Morgan fingerprint density at radius 2 is 2.00 bits per heavy atom. The first-order valence-electron chi connectivity index (χ1n) is 8.42. The lowest BCUT2D eigenvalue weighted by Gasteiger charge is -2.44. The van der Waals surface area contributed by atoms with Crippen molar-refractivity contribution in [1.29, 1.82) is 0 Å². The molecule has 0 aliphatic carbocycles. The van der Waals surface area contributed by atoms with Gasteiger partial charge in [-0.25, -0.2) is 4.39 Å². The summed E-state index contributed by atoms with van der Waals surface area (Å²) < 4.78 is 20.0. The topological polar surface area (TPSA) is 25.4 Å². The van der Waals surface area contributed by atoms with Gasteiger partial charge in [0.15, 0.2) is 0 Å². The zero-order valence-corrected chi connectivity index (χ0v) is 13.8. The lowest BCUT2D eigenvalue weighted by molar-refractivity contribution is -0.0403. The third-order valence-corrected chi connectivity index (χ3v) is 4.84. The Bertz CT molecular complexity index is 759. The Morgan fingerprint density at radius 3 is 2.79 bits per heavy atom. The molecule has 0 amide bonds. The second kappa shape index (κ2) is 6.46. The number of aromatic nitrogens is 1. The Hall–Kier alpha value is -2.04. The van der Waals surface area contributed by atoms with Crippen molar-refractivity contribution < 1.29 is 9.13 Å². The molecule has 2 aliphatic heterocycles. The number of hydrogen-bond donors (Lipinski definition) is 0. The van der Waals surface area contributed by atoms with Crippen molar-refractivity contribution in [2.24, 2.45) is 0 Å². The smallest absolute Gasteiger partial charge is 0.149 e. The van der Waals surface area contributed by atoms with Crippen molar-refractivity contribution in [2.75, 3.05) is 13.2 Å². The van der Waals surface area contributed by atoms with Crippen LogP contribution in [0.5, 0.6) is 0 Å². The van der Waals surface area contributed by atoms with E-state index >= 15 is 0 Å². The van der Waals surface area contributed by atoms with E-state index in [-0.39, 0.29) is 17.9 Å². The first-order valence-corrected chi connectivity index (χ1v) is 8.42. The van der Waals surface area contributed by atoms with Gasteiger partial charge in [0, 0.05) is 18.3 Å². The van der Waals surface area contributed by atoms with E-state index in [2.05, 4.69) is 40.2 Å². The zero-order valence-electron chi connectivity index (χ0n) is 13.8. The molecule has 0 spiro atoms. The maximum absolute atomic E-state index is 14.2. The Balaban J connectivity index is 1.63. The second-order valence-corrected chi connectivity index (χ2v) is 6.60. The number of nitrogens with zero attached hydrogens (tertiary/aromatic N) is 2. The molecule has 0 radical (unpaired) electrons. The van der Waals surface area contributed by atoms with Crippen molar-refractivity contribution in [1.82, 2.24) is 9.88 Å². The van der Waals surface area contributed by atoms with Crippen LogP contribution in [-0.2, 0) is 11.3 Å². The van der Waals surface area contributed by atoms with Gasteiger partial charge in [-0.2, -0.15) is 0 Å². The quantitative estimate of drug-likeness (QED) is 0.863. The lowest BCUT2D eigenvalue weighted by atomic mass is 9.91. The van der Waals surface area contributed by atoms with Crippen molar-refractivity contribution >= 4 is 5.57 Å². The molecule has 2 aromatic rings.